The Kier molecular flexibility index (Phi) is 5.57. The van der Waals surface area contributed by atoms with Crippen LogP contribution >= 0.6 is 0 Å². The van der Waals surface area contributed by atoms with Crippen molar-refractivity contribution in [2.75, 3.05) is 16.6 Å². The molecule has 150 valence electrons. The van der Waals surface area contributed by atoms with Crippen molar-refractivity contribution in [1.29, 1.82) is 0 Å². The van der Waals surface area contributed by atoms with E-state index in [0.717, 1.165) is 5.56 Å². The molecular formula is C19H23N3O5S. The summed E-state index contributed by atoms with van der Waals surface area (Å²) >= 11 is 0. The second-order valence-electron chi connectivity index (χ2n) is 7.03. The summed E-state index contributed by atoms with van der Waals surface area (Å²) < 4.78 is 26.6. The maximum Gasteiger partial charge on any atom is 0.253 e. The first-order chi connectivity index (χ1) is 13.2. The number of nitrogens with one attached hydrogen (secondary N) is 1. The molecule has 1 aliphatic heterocycles. The summed E-state index contributed by atoms with van der Waals surface area (Å²) in [7, 11) is -3.23. The van der Waals surface area contributed by atoms with E-state index in [1.165, 1.54) is 28.1 Å². The van der Waals surface area contributed by atoms with Gasteiger partial charge >= 0.3 is 0 Å². The van der Waals surface area contributed by atoms with Crippen molar-refractivity contribution >= 4 is 21.6 Å². The van der Waals surface area contributed by atoms with Crippen molar-refractivity contribution in [3.8, 4) is 0 Å². The van der Waals surface area contributed by atoms with E-state index in [9.17, 15) is 23.1 Å². The predicted molar refractivity (Wildman–Crippen MR) is 105 cm³/mol. The minimum atomic E-state index is -3.23. The van der Waals surface area contributed by atoms with Crippen LogP contribution in [0.15, 0.2) is 53.5 Å². The number of hydrogen-bond donors (Lipinski definition) is 2. The van der Waals surface area contributed by atoms with Gasteiger partial charge in [0.25, 0.3) is 11.5 Å². The third-order valence-electron chi connectivity index (χ3n) is 4.64. The first kappa shape index (κ1) is 20.1. The Morgan fingerprint density at radius 3 is 2.54 bits per heavy atom. The molecule has 2 N–H and O–H groups in total. The van der Waals surface area contributed by atoms with Crippen LogP contribution in [0.1, 0.15) is 18.9 Å². The van der Waals surface area contributed by atoms with Crippen molar-refractivity contribution in [2.45, 2.75) is 32.0 Å². The molecule has 1 fully saturated rings. The maximum absolute atomic E-state index is 12.4. The van der Waals surface area contributed by atoms with Gasteiger partial charge in [0, 0.05) is 25.4 Å². The van der Waals surface area contributed by atoms with Gasteiger partial charge in [0.15, 0.2) is 5.60 Å². The summed E-state index contributed by atoms with van der Waals surface area (Å²) in [5.74, 6) is -0.445. The molecule has 0 saturated carbocycles. The molecule has 3 rings (SSSR count). The number of carbonyl (C=O) groups is 1. The largest absolute Gasteiger partial charge is 0.378 e. The van der Waals surface area contributed by atoms with Gasteiger partial charge in [0.2, 0.25) is 10.0 Å². The second-order valence-corrected chi connectivity index (χ2v) is 9.04. The van der Waals surface area contributed by atoms with Crippen LogP contribution < -0.4 is 15.2 Å². The topological polar surface area (TPSA) is 109 Å². The molecule has 1 aromatic carbocycles. The second kappa shape index (κ2) is 7.76. The zero-order valence-electron chi connectivity index (χ0n) is 15.5. The Morgan fingerprint density at radius 2 is 1.93 bits per heavy atom. The van der Waals surface area contributed by atoms with E-state index in [0.29, 0.717) is 18.7 Å². The van der Waals surface area contributed by atoms with Crippen LogP contribution in [-0.4, -0.2) is 41.9 Å². The lowest BCUT2D eigenvalue weighted by Gasteiger charge is -2.23. The molecule has 2 aromatic rings. The first-order valence-corrected chi connectivity index (χ1v) is 10.6. The third-order valence-corrected chi connectivity index (χ3v) is 6.51. The van der Waals surface area contributed by atoms with Gasteiger partial charge in [-0.05, 0) is 37.1 Å². The lowest BCUT2D eigenvalue weighted by atomic mass is 10.1. The van der Waals surface area contributed by atoms with Crippen LogP contribution in [0.5, 0.6) is 0 Å². The molecule has 1 aromatic heterocycles. The summed E-state index contributed by atoms with van der Waals surface area (Å²) in [5, 5.41) is 13.1. The number of aliphatic hydroxyl groups is 1. The number of amides is 1. The molecule has 28 heavy (non-hydrogen) atoms. The van der Waals surface area contributed by atoms with E-state index < -0.39 is 21.5 Å². The smallest absolute Gasteiger partial charge is 0.253 e. The van der Waals surface area contributed by atoms with E-state index >= 15 is 0 Å². The third kappa shape index (κ3) is 4.42. The molecule has 9 heteroatoms. The number of carbonyl (C=O) groups excluding carboxylic acids is 1. The quantitative estimate of drug-likeness (QED) is 0.726. The molecule has 1 amide bonds. The van der Waals surface area contributed by atoms with Gasteiger partial charge in [-0.2, -0.15) is 0 Å². The number of rotatable bonds is 6. The number of sulfonamides is 1. The van der Waals surface area contributed by atoms with E-state index in [1.54, 1.807) is 36.4 Å². The summed E-state index contributed by atoms with van der Waals surface area (Å²) in [4.78, 5) is 24.1. The summed E-state index contributed by atoms with van der Waals surface area (Å²) in [6, 6.07) is 11.5. The van der Waals surface area contributed by atoms with Crippen molar-refractivity contribution in [3.63, 3.8) is 0 Å². The summed E-state index contributed by atoms with van der Waals surface area (Å²) in [6.07, 6.45) is 2.12. The molecule has 1 saturated heterocycles. The Labute approximate surface area is 163 Å². The van der Waals surface area contributed by atoms with Crippen molar-refractivity contribution < 1.29 is 18.3 Å². The van der Waals surface area contributed by atoms with Crippen molar-refractivity contribution in [1.82, 2.24) is 9.88 Å². The number of nitrogens with zero attached hydrogens (tertiary/aromatic N) is 2. The number of pyridine rings is 1. The van der Waals surface area contributed by atoms with E-state index in [2.05, 4.69) is 5.32 Å². The van der Waals surface area contributed by atoms with E-state index in [4.69, 9.17) is 0 Å². The van der Waals surface area contributed by atoms with E-state index in [1.807, 2.05) is 0 Å². The lowest BCUT2D eigenvalue weighted by Crippen LogP contribution is -2.48. The Bertz CT molecular complexity index is 1010. The number of aromatic nitrogens is 1. The molecule has 1 aliphatic rings. The highest BCUT2D eigenvalue weighted by Gasteiger charge is 2.31. The molecule has 0 radical (unpaired) electrons. The minimum Gasteiger partial charge on any atom is -0.378 e. The van der Waals surface area contributed by atoms with Gasteiger partial charge in [-0.25, -0.2) is 8.42 Å². The highest BCUT2D eigenvalue weighted by atomic mass is 32.2. The zero-order chi connectivity index (χ0) is 20.4. The highest BCUT2D eigenvalue weighted by molar-refractivity contribution is 7.93. The molecule has 0 aliphatic carbocycles. The molecule has 1 unspecified atom stereocenters. The predicted octanol–water partition coefficient (Wildman–Crippen LogP) is 0.456. The molecule has 1 atom stereocenters. The molecule has 2 heterocycles. The average molecular weight is 405 g/mol. The van der Waals surface area contributed by atoms with Gasteiger partial charge in [-0.1, -0.05) is 18.2 Å². The fraction of sp³-hybridized carbons (Fsp3) is 0.368. The minimum absolute atomic E-state index is 0.157. The highest BCUT2D eigenvalue weighted by Crippen LogP contribution is 2.24. The number of anilines is 1. The van der Waals surface area contributed by atoms with E-state index in [-0.39, 0.29) is 24.4 Å². The standard InChI is InChI=1S/C19H23N3O5S/c1-19(25,14-21-10-3-2-5-17(21)23)18(24)20-13-15-6-8-16(9-7-15)22-11-4-12-28(22,26)27/h2-3,5-10,25H,4,11-14H2,1H3,(H,20,24). The van der Waals surface area contributed by atoms with Gasteiger partial charge in [0.05, 0.1) is 18.0 Å². The average Bonchev–Trinajstić information content (AvgIpc) is 3.01. The molecule has 0 spiro atoms. The van der Waals surface area contributed by atoms with Crippen molar-refractivity contribution in [2.24, 2.45) is 0 Å². The maximum atomic E-state index is 12.4. The Hall–Kier alpha value is -2.65. The first-order valence-electron chi connectivity index (χ1n) is 8.95. The lowest BCUT2D eigenvalue weighted by molar-refractivity contribution is -0.139. The van der Waals surface area contributed by atoms with Gasteiger partial charge in [0.1, 0.15) is 0 Å². The van der Waals surface area contributed by atoms with Crippen LogP contribution in [-0.2, 0) is 27.9 Å². The van der Waals surface area contributed by atoms with Gasteiger partial charge in [-0.15, -0.1) is 0 Å². The van der Waals surface area contributed by atoms with Gasteiger partial charge in [-0.3, -0.25) is 13.9 Å². The fourth-order valence-electron chi connectivity index (χ4n) is 3.08. The Balaban J connectivity index is 1.61. The summed E-state index contributed by atoms with van der Waals surface area (Å²) in [5.41, 5.74) is -0.693. The SMILES string of the molecule is CC(O)(Cn1ccccc1=O)C(=O)NCc1ccc(N2CCCS2(=O)=O)cc1. The van der Waals surface area contributed by atoms with Gasteiger partial charge < -0.3 is 15.0 Å². The molecule has 0 bridgehead atoms. The normalized spacial score (nSPS) is 17.9. The molecule has 8 nitrogen and oxygen atoms in total. The van der Waals surface area contributed by atoms with Crippen LogP contribution in [0.2, 0.25) is 0 Å². The number of benzene rings is 1. The van der Waals surface area contributed by atoms with Crippen LogP contribution in [0, 0.1) is 0 Å². The molecular weight excluding hydrogens is 382 g/mol. The summed E-state index contributed by atoms with van der Waals surface area (Å²) in [6.45, 7) is 1.83. The zero-order valence-corrected chi connectivity index (χ0v) is 16.4. The fourth-order valence-corrected chi connectivity index (χ4v) is 4.64. The number of hydrogen-bond acceptors (Lipinski definition) is 5. The Morgan fingerprint density at radius 1 is 1.21 bits per heavy atom. The monoisotopic (exact) mass is 405 g/mol. The van der Waals surface area contributed by atoms with Crippen molar-refractivity contribution in [3.05, 3.63) is 64.6 Å². The van der Waals surface area contributed by atoms with Crippen LogP contribution in [0.3, 0.4) is 0 Å². The van der Waals surface area contributed by atoms with Crippen LogP contribution in [0.25, 0.3) is 0 Å². The van der Waals surface area contributed by atoms with Crippen LogP contribution in [0.4, 0.5) is 5.69 Å².